The second kappa shape index (κ2) is 6.45. The molecule has 0 saturated heterocycles. The fraction of sp³-hybridized carbons (Fsp3) is 0.583. The fourth-order valence-electron chi connectivity index (χ4n) is 1.69. The molecule has 1 rings (SSSR count). The molecule has 1 heterocycles. The van der Waals surface area contributed by atoms with E-state index in [-0.39, 0.29) is 12.5 Å². The number of nitrogens with one attached hydrogen (secondary N) is 1. The van der Waals surface area contributed by atoms with E-state index < -0.39 is 6.10 Å². The average Bonchev–Trinajstić information content (AvgIpc) is 2.53. The molecular formula is C12H18Cl2N2O2. The number of aromatic nitrogens is 1. The van der Waals surface area contributed by atoms with E-state index >= 15 is 0 Å². The van der Waals surface area contributed by atoms with Gasteiger partial charge in [0.1, 0.15) is 10.8 Å². The maximum absolute atomic E-state index is 11.9. The van der Waals surface area contributed by atoms with Crippen LogP contribution in [0.1, 0.15) is 30.8 Å². The monoisotopic (exact) mass is 292 g/mol. The van der Waals surface area contributed by atoms with Gasteiger partial charge in [-0.15, -0.1) is 0 Å². The lowest BCUT2D eigenvalue weighted by molar-refractivity contribution is 0.0892. The molecule has 4 nitrogen and oxygen atoms in total. The number of aliphatic hydroxyl groups is 1. The number of hydrogen-bond acceptors (Lipinski definition) is 2. The van der Waals surface area contributed by atoms with Crippen LogP contribution >= 0.6 is 23.2 Å². The van der Waals surface area contributed by atoms with E-state index in [9.17, 15) is 9.90 Å². The smallest absolute Gasteiger partial charge is 0.268 e. The SMILES string of the molecule is CC(C)CC(O)CNC(=O)c1cc(Cl)c(Cl)n1C. The van der Waals surface area contributed by atoms with E-state index in [0.717, 1.165) is 0 Å². The van der Waals surface area contributed by atoms with Crippen LogP contribution in [0.4, 0.5) is 0 Å². The van der Waals surface area contributed by atoms with Crippen molar-refractivity contribution in [2.45, 2.75) is 26.4 Å². The largest absolute Gasteiger partial charge is 0.391 e. The minimum absolute atomic E-state index is 0.220. The summed E-state index contributed by atoms with van der Waals surface area (Å²) in [5.41, 5.74) is 0.377. The number of carbonyl (C=O) groups excluding carboxylic acids is 1. The lowest BCUT2D eigenvalue weighted by Gasteiger charge is -2.14. The predicted octanol–water partition coefficient (Wildman–Crippen LogP) is 2.47. The third-order valence-corrected chi connectivity index (χ3v) is 3.43. The Morgan fingerprint density at radius 1 is 1.50 bits per heavy atom. The Kier molecular flexibility index (Phi) is 5.50. The van der Waals surface area contributed by atoms with Crippen molar-refractivity contribution in [3.8, 4) is 0 Å². The van der Waals surface area contributed by atoms with Crippen molar-refractivity contribution in [1.82, 2.24) is 9.88 Å². The highest BCUT2D eigenvalue weighted by atomic mass is 35.5. The van der Waals surface area contributed by atoms with Gasteiger partial charge in [-0.3, -0.25) is 4.79 Å². The van der Waals surface area contributed by atoms with Crippen LogP contribution < -0.4 is 5.32 Å². The molecule has 6 heteroatoms. The molecule has 0 bridgehead atoms. The second-order valence-corrected chi connectivity index (χ2v) is 5.49. The number of nitrogens with zero attached hydrogens (tertiary/aromatic N) is 1. The van der Waals surface area contributed by atoms with Gasteiger partial charge >= 0.3 is 0 Å². The molecule has 1 aromatic rings. The van der Waals surface area contributed by atoms with Crippen molar-refractivity contribution in [2.24, 2.45) is 13.0 Å². The maximum atomic E-state index is 11.9. The van der Waals surface area contributed by atoms with Crippen molar-refractivity contribution in [2.75, 3.05) is 6.54 Å². The van der Waals surface area contributed by atoms with Crippen LogP contribution in [0.25, 0.3) is 0 Å². The van der Waals surface area contributed by atoms with Gasteiger partial charge in [-0.25, -0.2) is 0 Å². The summed E-state index contributed by atoms with van der Waals surface area (Å²) in [5.74, 6) is 0.0879. The number of amides is 1. The zero-order valence-electron chi connectivity index (χ0n) is 10.7. The molecule has 0 aliphatic rings. The van der Waals surface area contributed by atoms with E-state index in [1.54, 1.807) is 7.05 Å². The molecule has 0 radical (unpaired) electrons. The molecule has 0 fully saturated rings. The van der Waals surface area contributed by atoms with E-state index in [1.807, 2.05) is 13.8 Å². The van der Waals surface area contributed by atoms with Crippen molar-refractivity contribution >= 4 is 29.1 Å². The van der Waals surface area contributed by atoms with Gasteiger partial charge in [-0.1, -0.05) is 37.0 Å². The third-order valence-electron chi connectivity index (χ3n) is 2.59. The van der Waals surface area contributed by atoms with E-state index in [1.165, 1.54) is 10.6 Å². The van der Waals surface area contributed by atoms with Crippen LogP contribution in [-0.2, 0) is 7.05 Å². The van der Waals surface area contributed by atoms with Crippen LogP contribution in [0.3, 0.4) is 0 Å². The maximum Gasteiger partial charge on any atom is 0.268 e. The highest BCUT2D eigenvalue weighted by molar-refractivity contribution is 6.41. The predicted molar refractivity (Wildman–Crippen MR) is 73.2 cm³/mol. The summed E-state index contributed by atoms with van der Waals surface area (Å²) in [5, 5.41) is 13.0. The Balaban J connectivity index is 2.58. The summed E-state index contributed by atoms with van der Waals surface area (Å²) in [4.78, 5) is 11.9. The molecule has 1 unspecified atom stereocenters. The van der Waals surface area contributed by atoms with Gasteiger partial charge in [0.25, 0.3) is 5.91 Å². The molecule has 1 atom stereocenters. The minimum atomic E-state index is -0.542. The van der Waals surface area contributed by atoms with Gasteiger partial charge in [-0.2, -0.15) is 0 Å². The third kappa shape index (κ3) is 3.90. The van der Waals surface area contributed by atoms with Gasteiger partial charge in [0, 0.05) is 13.6 Å². The molecule has 1 amide bonds. The lowest BCUT2D eigenvalue weighted by atomic mass is 10.1. The highest BCUT2D eigenvalue weighted by Gasteiger charge is 2.16. The zero-order valence-corrected chi connectivity index (χ0v) is 12.2. The second-order valence-electron chi connectivity index (χ2n) is 4.72. The normalized spacial score (nSPS) is 12.8. The number of carbonyl (C=O) groups is 1. The number of halogens is 2. The molecular weight excluding hydrogens is 275 g/mol. The number of hydrogen-bond donors (Lipinski definition) is 2. The van der Waals surface area contributed by atoms with Gasteiger partial charge < -0.3 is 15.0 Å². The first-order chi connectivity index (χ1) is 8.32. The van der Waals surface area contributed by atoms with Gasteiger partial charge in [0.2, 0.25) is 0 Å². The average molecular weight is 293 g/mol. The Labute approximate surface area is 117 Å². The summed E-state index contributed by atoms with van der Waals surface area (Å²) in [7, 11) is 1.66. The Hall–Kier alpha value is -0.710. The summed E-state index contributed by atoms with van der Waals surface area (Å²) in [6.07, 6.45) is 0.106. The van der Waals surface area contributed by atoms with E-state index in [2.05, 4.69) is 5.32 Å². The first-order valence-electron chi connectivity index (χ1n) is 5.80. The lowest BCUT2D eigenvalue weighted by Crippen LogP contribution is -2.33. The standard InChI is InChI=1S/C12H18Cl2N2O2/c1-7(2)4-8(17)6-15-12(18)10-5-9(13)11(14)16(10)3/h5,7-8,17H,4,6H2,1-3H3,(H,15,18). The quantitative estimate of drug-likeness (QED) is 0.876. The van der Waals surface area contributed by atoms with E-state index in [0.29, 0.717) is 28.2 Å². The van der Waals surface area contributed by atoms with Gasteiger partial charge in [0.05, 0.1) is 11.1 Å². The van der Waals surface area contributed by atoms with Crippen LogP contribution in [-0.4, -0.2) is 28.2 Å². The molecule has 0 aliphatic carbocycles. The van der Waals surface area contributed by atoms with Crippen molar-refractivity contribution < 1.29 is 9.90 Å². The Morgan fingerprint density at radius 3 is 2.56 bits per heavy atom. The minimum Gasteiger partial charge on any atom is -0.391 e. The van der Waals surface area contributed by atoms with Crippen molar-refractivity contribution in [3.05, 3.63) is 21.9 Å². The number of rotatable bonds is 5. The van der Waals surface area contributed by atoms with Crippen molar-refractivity contribution in [1.29, 1.82) is 0 Å². The van der Waals surface area contributed by atoms with Crippen LogP contribution in [0.2, 0.25) is 10.2 Å². The highest BCUT2D eigenvalue weighted by Crippen LogP contribution is 2.24. The van der Waals surface area contributed by atoms with Crippen molar-refractivity contribution in [3.63, 3.8) is 0 Å². The molecule has 2 N–H and O–H groups in total. The fourth-order valence-corrected chi connectivity index (χ4v) is 2.06. The first kappa shape index (κ1) is 15.3. The molecule has 18 heavy (non-hydrogen) atoms. The zero-order chi connectivity index (χ0) is 13.9. The number of aliphatic hydroxyl groups excluding tert-OH is 1. The summed E-state index contributed by atoms with van der Waals surface area (Å²) in [6, 6.07) is 1.51. The topological polar surface area (TPSA) is 54.3 Å². The van der Waals surface area contributed by atoms with Crippen LogP contribution in [0.5, 0.6) is 0 Å². The van der Waals surface area contributed by atoms with Crippen LogP contribution in [0.15, 0.2) is 6.07 Å². The molecule has 102 valence electrons. The molecule has 1 aromatic heterocycles. The Bertz CT molecular complexity index is 430. The summed E-state index contributed by atoms with van der Waals surface area (Å²) in [6.45, 7) is 4.25. The van der Waals surface area contributed by atoms with Gasteiger partial charge in [-0.05, 0) is 18.4 Å². The summed E-state index contributed by atoms with van der Waals surface area (Å²) >= 11 is 11.7. The first-order valence-corrected chi connectivity index (χ1v) is 6.55. The molecule has 0 spiro atoms. The molecule has 0 saturated carbocycles. The molecule has 0 aromatic carbocycles. The summed E-state index contributed by atoms with van der Waals surface area (Å²) < 4.78 is 1.51. The van der Waals surface area contributed by atoms with Crippen LogP contribution in [0, 0.1) is 5.92 Å². The molecule has 0 aliphatic heterocycles. The Morgan fingerprint density at radius 2 is 2.11 bits per heavy atom. The van der Waals surface area contributed by atoms with E-state index in [4.69, 9.17) is 23.2 Å². The van der Waals surface area contributed by atoms with Gasteiger partial charge in [0.15, 0.2) is 0 Å².